The third-order valence-electron chi connectivity index (χ3n) is 5.10. The maximum atomic E-state index is 12.0. The summed E-state index contributed by atoms with van der Waals surface area (Å²) in [5, 5.41) is 21.2. The van der Waals surface area contributed by atoms with E-state index in [0.29, 0.717) is 26.1 Å². The zero-order valence-corrected chi connectivity index (χ0v) is 16.4. The fraction of sp³-hybridized carbons (Fsp3) is 0.667. The largest absolute Gasteiger partial charge is 0.395 e. The van der Waals surface area contributed by atoms with Crippen molar-refractivity contribution in [3.63, 3.8) is 0 Å². The number of rotatable bonds is 12. The Balaban J connectivity index is 1.65. The van der Waals surface area contributed by atoms with Gasteiger partial charge in [-0.2, -0.15) is 0 Å². The lowest BCUT2D eigenvalue weighted by Crippen LogP contribution is -2.37. The van der Waals surface area contributed by atoms with E-state index >= 15 is 0 Å². The molecule has 0 aromatic heterocycles. The molecule has 1 aliphatic heterocycles. The summed E-state index contributed by atoms with van der Waals surface area (Å²) in [5.74, 6) is 0.119. The lowest BCUT2D eigenvalue weighted by molar-refractivity contribution is -0.121. The molecule has 2 rings (SSSR count). The summed E-state index contributed by atoms with van der Waals surface area (Å²) in [6.45, 7) is 6.02. The molecule has 6 heteroatoms. The number of nitrogens with one attached hydrogen (secondary N) is 1. The SMILES string of the molecule is O=C(CCc1ccc(CN(CCO)CCO)cc1)NCCN1CCCCC1. The number of hydrogen-bond acceptors (Lipinski definition) is 5. The van der Waals surface area contributed by atoms with Crippen molar-refractivity contribution in [2.75, 3.05) is 52.5 Å². The van der Waals surface area contributed by atoms with E-state index in [9.17, 15) is 4.79 Å². The van der Waals surface area contributed by atoms with E-state index in [0.717, 1.165) is 43.7 Å². The van der Waals surface area contributed by atoms with Gasteiger partial charge in [0.2, 0.25) is 5.91 Å². The van der Waals surface area contributed by atoms with Gasteiger partial charge in [-0.25, -0.2) is 0 Å². The van der Waals surface area contributed by atoms with Crippen LogP contribution < -0.4 is 5.32 Å². The van der Waals surface area contributed by atoms with Crippen LogP contribution in [0, 0.1) is 0 Å². The molecular weight excluding hydrogens is 342 g/mol. The van der Waals surface area contributed by atoms with Crippen LogP contribution in [0.4, 0.5) is 0 Å². The van der Waals surface area contributed by atoms with Crippen molar-refractivity contribution in [2.45, 2.75) is 38.6 Å². The number of carbonyl (C=O) groups is 1. The molecule has 1 aromatic rings. The van der Waals surface area contributed by atoms with E-state index in [1.54, 1.807) is 0 Å². The number of aliphatic hydroxyl groups excluding tert-OH is 2. The van der Waals surface area contributed by atoms with Gasteiger partial charge in [0.25, 0.3) is 0 Å². The first kappa shape index (κ1) is 21.8. The number of amides is 1. The smallest absolute Gasteiger partial charge is 0.220 e. The third-order valence-corrected chi connectivity index (χ3v) is 5.10. The van der Waals surface area contributed by atoms with Gasteiger partial charge in [0.05, 0.1) is 13.2 Å². The predicted octanol–water partition coefficient (Wildman–Crippen LogP) is 1.01. The van der Waals surface area contributed by atoms with Gasteiger partial charge in [-0.3, -0.25) is 9.69 Å². The number of carbonyl (C=O) groups excluding carboxylic acids is 1. The molecule has 0 atom stereocenters. The van der Waals surface area contributed by atoms with Crippen molar-refractivity contribution >= 4 is 5.91 Å². The molecule has 0 aliphatic carbocycles. The molecule has 1 fully saturated rings. The second-order valence-corrected chi connectivity index (χ2v) is 7.29. The molecule has 1 aromatic carbocycles. The standard InChI is InChI=1S/C21H35N3O3/c25-16-14-24(15-17-26)18-20-6-4-19(5-7-20)8-9-21(27)22-10-13-23-11-2-1-3-12-23/h4-7,25-26H,1-3,8-18H2,(H,22,27). The molecule has 3 N–H and O–H groups in total. The van der Waals surface area contributed by atoms with Gasteiger partial charge in [-0.15, -0.1) is 0 Å². The van der Waals surface area contributed by atoms with E-state index in [2.05, 4.69) is 34.5 Å². The Hall–Kier alpha value is -1.47. The van der Waals surface area contributed by atoms with E-state index in [4.69, 9.17) is 10.2 Å². The second kappa shape index (κ2) is 12.8. The van der Waals surface area contributed by atoms with E-state index in [1.165, 1.54) is 19.3 Å². The fourth-order valence-corrected chi connectivity index (χ4v) is 3.50. The first-order valence-electron chi connectivity index (χ1n) is 10.2. The van der Waals surface area contributed by atoms with E-state index in [-0.39, 0.29) is 19.1 Å². The van der Waals surface area contributed by atoms with Crippen LogP contribution in [0.5, 0.6) is 0 Å². The molecule has 27 heavy (non-hydrogen) atoms. The number of aryl methyl sites for hydroxylation is 1. The molecule has 0 bridgehead atoms. The Morgan fingerprint density at radius 3 is 2.26 bits per heavy atom. The predicted molar refractivity (Wildman–Crippen MR) is 108 cm³/mol. The first-order valence-corrected chi connectivity index (χ1v) is 10.2. The quantitative estimate of drug-likeness (QED) is 0.507. The molecule has 0 saturated carbocycles. The van der Waals surface area contributed by atoms with Crippen LogP contribution in [0.2, 0.25) is 0 Å². The third kappa shape index (κ3) is 8.84. The molecule has 1 heterocycles. The minimum atomic E-state index is 0.0882. The van der Waals surface area contributed by atoms with Crippen molar-refractivity contribution < 1.29 is 15.0 Å². The van der Waals surface area contributed by atoms with Crippen LogP contribution in [-0.4, -0.2) is 78.4 Å². The average molecular weight is 378 g/mol. The highest BCUT2D eigenvalue weighted by Crippen LogP contribution is 2.10. The summed E-state index contributed by atoms with van der Waals surface area (Å²) in [6.07, 6.45) is 5.15. The highest BCUT2D eigenvalue weighted by molar-refractivity contribution is 5.76. The number of likely N-dealkylation sites (tertiary alicyclic amines) is 1. The second-order valence-electron chi connectivity index (χ2n) is 7.29. The van der Waals surface area contributed by atoms with Gasteiger partial charge >= 0.3 is 0 Å². The van der Waals surface area contributed by atoms with Crippen molar-refractivity contribution in [3.8, 4) is 0 Å². The molecule has 1 aliphatic rings. The van der Waals surface area contributed by atoms with Gasteiger partial charge in [-0.1, -0.05) is 30.7 Å². The zero-order chi connectivity index (χ0) is 19.3. The zero-order valence-electron chi connectivity index (χ0n) is 16.4. The van der Waals surface area contributed by atoms with Crippen LogP contribution in [0.1, 0.15) is 36.8 Å². The molecular formula is C21H35N3O3. The average Bonchev–Trinajstić information content (AvgIpc) is 2.69. The summed E-state index contributed by atoms with van der Waals surface area (Å²) in [4.78, 5) is 16.5. The summed E-state index contributed by atoms with van der Waals surface area (Å²) >= 11 is 0. The highest BCUT2D eigenvalue weighted by Gasteiger charge is 2.10. The molecule has 1 amide bonds. The summed E-state index contributed by atoms with van der Waals surface area (Å²) in [5.41, 5.74) is 2.30. The first-order chi connectivity index (χ1) is 13.2. The van der Waals surface area contributed by atoms with Gasteiger partial charge < -0.3 is 20.4 Å². The van der Waals surface area contributed by atoms with Crippen LogP contribution in [0.15, 0.2) is 24.3 Å². The lowest BCUT2D eigenvalue weighted by atomic mass is 10.1. The Morgan fingerprint density at radius 1 is 1.00 bits per heavy atom. The molecule has 1 saturated heterocycles. The van der Waals surface area contributed by atoms with Crippen molar-refractivity contribution in [1.29, 1.82) is 0 Å². The molecule has 152 valence electrons. The van der Waals surface area contributed by atoms with Crippen molar-refractivity contribution in [1.82, 2.24) is 15.1 Å². The Labute approximate surface area is 163 Å². The summed E-state index contributed by atoms with van der Waals surface area (Å²) < 4.78 is 0. The maximum absolute atomic E-state index is 12.0. The van der Waals surface area contributed by atoms with Gasteiger partial charge in [-0.05, 0) is 43.5 Å². The Bertz CT molecular complexity index is 524. The Kier molecular flexibility index (Phi) is 10.4. The lowest BCUT2D eigenvalue weighted by Gasteiger charge is -2.26. The summed E-state index contributed by atoms with van der Waals surface area (Å²) in [7, 11) is 0. The maximum Gasteiger partial charge on any atom is 0.220 e. The normalized spacial score (nSPS) is 15.2. The minimum absolute atomic E-state index is 0.0882. The summed E-state index contributed by atoms with van der Waals surface area (Å²) in [6, 6.07) is 8.25. The molecule has 0 radical (unpaired) electrons. The van der Waals surface area contributed by atoms with Crippen molar-refractivity contribution in [2.24, 2.45) is 0 Å². The van der Waals surface area contributed by atoms with Crippen molar-refractivity contribution in [3.05, 3.63) is 35.4 Å². The minimum Gasteiger partial charge on any atom is -0.395 e. The highest BCUT2D eigenvalue weighted by atomic mass is 16.3. The van der Waals surface area contributed by atoms with Gasteiger partial charge in [0, 0.05) is 39.1 Å². The number of benzene rings is 1. The molecule has 0 spiro atoms. The topological polar surface area (TPSA) is 76.0 Å². The molecule has 0 unspecified atom stereocenters. The number of aliphatic hydroxyl groups is 2. The number of hydrogen-bond donors (Lipinski definition) is 3. The van der Waals surface area contributed by atoms with E-state index in [1.807, 2.05) is 4.90 Å². The van der Waals surface area contributed by atoms with Crippen LogP contribution >= 0.6 is 0 Å². The fourth-order valence-electron chi connectivity index (χ4n) is 3.50. The molecule has 6 nitrogen and oxygen atoms in total. The monoisotopic (exact) mass is 377 g/mol. The van der Waals surface area contributed by atoms with Gasteiger partial charge in [0.15, 0.2) is 0 Å². The van der Waals surface area contributed by atoms with Crippen LogP contribution in [0.25, 0.3) is 0 Å². The van der Waals surface area contributed by atoms with Crippen LogP contribution in [-0.2, 0) is 17.8 Å². The Morgan fingerprint density at radius 2 is 1.63 bits per heavy atom. The number of nitrogens with zero attached hydrogens (tertiary/aromatic N) is 2. The van der Waals surface area contributed by atoms with E-state index < -0.39 is 0 Å². The number of piperidine rings is 1. The van der Waals surface area contributed by atoms with Crippen LogP contribution in [0.3, 0.4) is 0 Å². The van der Waals surface area contributed by atoms with Gasteiger partial charge in [0.1, 0.15) is 0 Å².